The summed E-state index contributed by atoms with van der Waals surface area (Å²) >= 11 is 0. The molecular formula is C50H70N4O13S2. The molecule has 4 aliphatic heterocycles. The van der Waals surface area contributed by atoms with Crippen molar-refractivity contribution in [2.24, 2.45) is 28.4 Å². The number of rotatable bonds is 22. The number of nitrogens with two attached hydrogens (primary N) is 1. The van der Waals surface area contributed by atoms with E-state index < -0.39 is 61.2 Å². The smallest absolute Gasteiger partial charge is 0.407 e. The number of fused-ring (bicyclic) bond motifs is 3. The van der Waals surface area contributed by atoms with Gasteiger partial charge < -0.3 is 49.3 Å². The van der Waals surface area contributed by atoms with Crippen molar-refractivity contribution in [3.63, 3.8) is 0 Å². The summed E-state index contributed by atoms with van der Waals surface area (Å²) in [5, 5.41) is 23.2. The molecule has 69 heavy (non-hydrogen) atoms. The lowest BCUT2D eigenvalue weighted by Crippen LogP contribution is -2.52. The average Bonchev–Trinajstić information content (AvgIpc) is 4.14. The van der Waals surface area contributed by atoms with E-state index in [0.29, 0.717) is 72.6 Å². The summed E-state index contributed by atoms with van der Waals surface area (Å²) in [4.78, 5) is 13.4. The molecule has 6 atom stereocenters. The number of alkyl carbamates (subject to hydrolysis) is 1. The molecular weight excluding hydrogens is 929 g/mol. The summed E-state index contributed by atoms with van der Waals surface area (Å²) < 4.78 is 94.1. The van der Waals surface area contributed by atoms with Crippen molar-refractivity contribution in [1.82, 2.24) is 9.62 Å². The van der Waals surface area contributed by atoms with E-state index >= 15 is 0 Å². The van der Waals surface area contributed by atoms with E-state index in [4.69, 9.17) is 38.9 Å². The van der Waals surface area contributed by atoms with Crippen molar-refractivity contribution in [2.45, 2.75) is 132 Å². The Morgan fingerprint density at radius 3 is 2.17 bits per heavy atom. The van der Waals surface area contributed by atoms with E-state index in [1.807, 2.05) is 44.2 Å². The molecule has 0 bridgehead atoms. The van der Waals surface area contributed by atoms with Crippen molar-refractivity contribution in [2.75, 3.05) is 46.4 Å². The Hall–Kier alpha value is -4.68. The van der Waals surface area contributed by atoms with Gasteiger partial charge in [-0.05, 0) is 98.1 Å². The largest absolute Gasteiger partial charge is 0.454 e. The molecule has 0 radical (unpaired) electrons. The second kappa shape index (κ2) is 23.5. The first kappa shape index (κ1) is 53.7. The number of ether oxygens (including phenoxy) is 7. The van der Waals surface area contributed by atoms with Crippen LogP contribution >= 0.6 is 0 Å². The van der Waals surface area contributed by atoms with Gasteiger partial charge in [0.05, 0.1) is 52.4 Å². The van der Waals surface area contributed by atoms with Crippen LogP contribution in [0.25, 0.3) is 0 Å². The number of hydrogen-bond donors (Lipinski definition) is 3. The summed E-state index contributed by atoms with van der Waals surface area (Å²) in [7, 11) is -7.60. The van der Waals surface area contributed by atoms with E-state index in [1.54, 1.807) is 18.2 Å². The molecule has 4 aliphatic rings. The fourth-order valence-corrected chi connectivity index (χ4v) is 13.0. The molecule has 0 aromatic heterocycles. The first-order chi connectivity index (χ1) is 32.7. The van der Waals surface area contributed by atoms with Gasteiger partial charge in [-0.25, -0.2) is 21.6 Å². The van der Waals surface area contributed by atoms with Crippen LogP contribution in [0.15, 0.2) is 76.5 Å². The lowest BCUT2D eigenvalue weighted by molar-refractivity contribution is -0.0907. The van der Waals surface area contributed by atoms with Crippen LogP contribution in [0.1, 0.15) is 92.1 Å². The van der Waals surface area contributed by atoms with Gasteiger partial charge in [0.1, 0.15) is 6.10 Å². The Morgan fingerprint density at radius 1 is 0.899 bits per heavy atom. The molecule has 17 nitrogen and oxygen atoms in total. The van der Waals surface area contributed by atoms with Gasteiger partial charge in [0.25, 0.3) is 0 Å². The number of hydrogen-bond acceptors (Lipinski definition) is 15. The predicted octanol–water partition coefficient (Wildman–Crippen LogP) is 6.95. The van der Waals surface area contributed by atoms with Gasteiger partial charge in [-0.15, -0.1) is 0 Å². The minimum Gasteiger partial charge on any atom is -0.454 e. The number of sulfone groups is 1. The number of nitrogens with one attached hydrogen (secondary N) is 1. The molecule has 2 fully saturated rings. The number of aliphatic hydroxyl groups excluding tert-OH is 1. The van der Waals surface area contributed by atoms with Gasteiger partial charge in [-0.1, -0.05) is 71.9 Å². The van der Waals surface area contributed by atoms with Crippen molar-refractivity contribution >= 4 is 26.0 Å². The highest BCUT2D eigenvalue weighted by Gasteiger charge is 2.44. The second-order valence-corrected chi connectivity index (χ2v) is 24.3. The molecule has 3 aromatic carbocycles. The third kappa shape index (κ3) is 14.5. The van der Waals surface area contributed by atoms with Gasteiger partial charge in [-0.3, -0.25) is 0 Å². The van der Waals surface area contributed by atoms with Gasteiger partial charge in [0.15, 0.2) is 39.1 Å². The molecule has 5 unspecified atom stereocenters. The maximum atomic E-state index is 14.1. The van der Waals surface area contributed by atoms with Gasteiger partial charge in [0.2, 0.25) is 23.6 Å². The predicted molar refractivity (Wildman–Crippen MR) is 257 cm³/mol. The number of carbonyl (C=O) groups excluding carboxylic acids is 1. The maximum Gasteiger partial charge on any atom is 0.407 e. The van der Waals surface area contributed by atoms with Gasteiger partial charge in [0, 0.05) is 31.6 Å². The summed E-state index contributed by atoms with van der Waals surface area (Å²) in [5.74, 6) is 2.11. The van der Waals surface area contributed by atoms with E-state index in [2.05, 4.69) is 39.1 Å². The van der Waals surface area contributed by atoms with Crippen LogP contribution in [0.5, 0.6) is 23.0 Å². The molecule has 4 N–H and O–H groups in total. The summed E-state index contributed by atoms with van der Waals surface area (Å²) in [6.07, 6.45) is 1.81. The first-order valence-electron chi connectivity index (χ1n) is 23.7. The van der Waals surface area contributed by atoms with Crippen LogP contribution in [-0.2, 0) is 40.5 Å². The molecule has 3 aromatic rings. The van der Waals surface area contributed by atoms with Crippen LogP contribution in [0.4, 0.5) is 4.79 Å². The average molecular weight is 999 g/mol. The Labute approximate surface area is 407 Å². The minimum atomic E-state index is -4.16. The summed E-state index contributed by atoms with van der Waals surface area (Å²) in [6, 6.07) is 19.8. The van der Waals surface area contributed by atoms with Crippen molar-refractivity contribution in [3.8, 4) is 29.1 Å². The molecule has 0 saturated carbocycles. The molecule has 7 rings (SSSR count). The number of nitriles is 1. The monoisotopic (exact) mass is 998 g/mol. The molecule has 1 amide bonds. The van der Waals surface area contributed by atoms with Gasteiger partial charge >= 0.3 is 6.09 Å². The Balaban J connectivity index is 0.000000265. The third-order valence-electron chi connectivity index (χ3n) is 12.9. The molecule has 380 valence electrons. The normalized spacial score (nSPS) is 19.9. The van der Waals surface area contributed by atoms with Crippen LogP contribution in [-0.4, -0.2) is 109 Å². The van der Waals surface area contributed by atoms with Gasteiger partial charge in [-0.2, -0.15) is 9.57 Å². The van der Waals surface area contributed by atoms with E-state index in [0.717, 1.165) is 18.4 Å². The zero-order valence-electron chi connectivity index (χ0n) is 40.6. The molecule has 0 spiro atoms. The van der Waals surface area contributed by atoms with E-state index in [1.165, 1.54) is 22.5 Å². The fraction of sp³-hybridized carbons (Fsp3) is 0.600. The topological polar surface area (TPSA) is 235 Å². The lowest BCUT2D eigenvalue weighted by atomic mass is 9.82. The van der Waals surface area contributed by atoms with Crippen molar-refractivity contribution in [3.05, 3.63) is 72.3 Å². The highest BCUT2D eigenvalue weighted by Crippen LogP contribution is 2.40. The summed E-state index contributed by atoms with van der Waals surface area (Å²) in [6.45, 7) is 13.3. The van der Waals surface area contributed by atoms with E-state index in [9.17, 15) is 32.0 Å². The minimum absolute atomic E-state index is 0.00715. The Morgan fingerprint density at radius 2 is 1.54 bits per heavy atom. The zero-order valence-corrected chi connectivity index (χ0v) is 42.3. The number of sulfonamides is 1. The standard InChI is InChI=1S/C31H39N3O9S.C19H31NO4S/c1-31(2,12-6-13-32)19-34(44(37,38)22-9-10-26-27(16-22)42-20-41-26)17-25(35)24(15-21-7-4-3-5-8-21)33-30(36)43-28-18-40-29-23(28)11-14-39-29;1-14(2)10-16(12-19(3,4)8-5-9-20)25(21,22)15-6-7-17-18(11-15)24-13-23-17/h3-5,7-10,16,23-25,28-29,35H,6,11-12,14-15,17-20H2,1-2H3,(H,33,36);6-7,11,14,16H,5,8-10,12-13,20H2,1-4H3/t23?,24-,25?,28?,29?;/m0./s1. The highest BCUT2D eigenvalue weighted by molar-refractivity contribution is 7.92. The zero-order chi connectivity index (χ0) is 50.0. The van der Waals surface area contributed by atoms with Crippen LogP contribution < -0.4 is 30.0 Å². The quantitative estimate of drug-likeness (QED) is 0.0923. The van der Waals surface area contributed by atoms with Crippen LogP contribution in [0.3, 0.4) is 0 Å². The number of aliphatic hydroxyl groups is 1. The third-order valence-corrected chi connectivity index (χ3v) is 16.8. The van der Waals surface area contributed by atoms with Crippen LogP contribution in [0, 0.1) is 34.0 Å². The molecule has 19 heteroatoms. The highest BCUT2D eigenvalue weighted by atomic mass is 32.2. The number of carbonyl (C=O) groups is 1. The maximum absolute atomic E-state index is 14.1. The molecule has 4 heterocycles. The van der Waals surface area contributed by atoms with Crippen molar-refractivity contribution in [1.29, 1.82) is 5.26 Å². The Kier molecular flexibility index (Phi) is 18.3. The fourth-order valence-electron chi connectivity index (χ4n) is 9.13. The van der Waals surface area contributed by atoms with E-state index in [-0.39, 0.29) is 62.4 Å². The number of nitrogens with zero attached hydrogens (tertiary/aromatic N) is 2. The summed E-state index contributed by atoms with van der Waals surface area (Å²) in [5.41, 5.74) is 5.81. The SMILES string of the molecule is CC(C)(CCC#N)CN(CC(O)[C@H](Cc1ccccc1)NC(=O)OC1COC2OCCC12)S(=O)(=O)c1ccc2c(c1)OCO2.CC(C)CC(CC(C)(C)CCCN)S(=O)(=O)c1ccc2c(c1)OCO2. The second-order valence-electron chi connectivity index (χ2n) is 20.2. The number of benzene rings is 3. The van der Waals surface area contributed by atoms with Crippen molar-refractivity contribution < 1.29 is 59.9 Å². The molecule has 0 aliphatic carbocycles. The van der Waals surface area contributed by atoms with Crippen LogP contribution in [0.2, 0.25) is 0 Å². The lowest BCUT2D eigenvalue weighted by Gasteiger charge is -2.35. The Bertz CT molecular complexity index is 2450. The number of amides is 1. The first-order valence-corrected chi connectivity index (χ1v) is 26.7. The molecule has 2 saturated heterocycles.